The molecule has 0 saturated carbocycles. The second-order valence-electron chi connectivity index (χ2n) is 10.7. The molecule has 0 amide bonds. The summed E-state index contributed by atoms with van der Waals surface area (Å²) in [5, 5.41) is 0. The number of aryl methyl sites for hydroxylation is 4. The molecule has 0 aromatic heterocycles. The predicted molar refractivity (Wildman–Crippen MR) is 162 cm³/mol. The van der Waals surface area contributed by atoms with Gasteiger partial charge in [0.05, 0.1) is 0 Å². The largest absolute Gasteiger partial charge is 0.0622 e. The van der Waals surface area contributed by atoms with Gasteiger partial charge in [0.25, 0.3) is 0 Å². The zero-order valence-corrected chi connectivity index (χ0v) is 26.4. The Morgan fingerprint density at radius 1 is 0.667 bits per heavy atom. The van der Waals surface area contributed by atoms with Gasteiger partial charge in [0, 0.05) is 0 Å². The second kappa shape index (κ2) is 11.8. The summed E-state index contributed by atoms with van der Waals surface area (Å²) in [6.45, 7) is 4.52. The first-order valence-electron chi connectivity index (χ1n) is 14.0. The van der Waals surface area contributed by atoms with Crippen molar-refractivity contribution in [3.8, 4) is 11.1 Å². The minimum Gasteiger partial charge on any atom is -0.0622 e. The smallest absolute Gasteiger partial charge is 0.0238 e. The van der Waals surface area contributed by atoms with Gasteiger partial charge in [-0.25, -0.2) is 0 Å². The van der Waals surface area contributed by atoms with E-state index in [4.69, 9.17) is 0 Å². The molecule has 0 saturated heterocycles. The molecule has 2 aliphatic carbocycles. The van der Waals surface area contributed by atoms with Gasteiger partial charge < -0.3 is 0 Å². The molecule has 1 heteroatoms. The Morgan fingerprint density at radius 3 is 2.03 bits per heavy atom. The fourth-order valence-corrected chi connectivity index (χ4v) is 11.7. The summed E-state index contributed by atoms with van der Waals surface area (Å²) in [5.74, 6) is 0. The van der Waals surface area contributed by atoms with Gasteiger partial charge in [-0.15, -0.1) is 0 Å². The van der Waals surface area contributed by atoms with Crippen molar-refractivity contribution >= 4 is 9.40 Å². The van der Waals surface area contributed by atoms with Gasteiger partial charge in [-0.2, -0.15) is 0 Å². The molecular formula is C38H34Hf. The Kier molecular flexibility index (Phi) is 7.88. The number of allylic oxidation sites excluding steroid dienone is 1. The van der Waals surface area contributed by atoms with Crippen LogP contribution in [0.25, 0.3) is 17.2 Å². The van der Waals surface area contributed by atoms with Gasteiger partial charge in [-0.1, -0.05) is 60.7 Å². The van der Waals surface area contributed by atoms with Crippen LogP contribution in [-0.2, 0) is 42.2 Å². The molecule has 0 N–H and O–H groups in total. The summed E-state index contributed by atoms with van der Waals surface area (Å²) >= 11 is -1.01. The second-order valence-corrected chi connectivity index (χ2v) is 15.8. The summed E-state index contributed by atoms with van der Waals surface area (Å²) in [6, 6.07) is 41.9. The minimum atomic E-state index is -1.01. The molecule has 2 aliphatic rings. The molecule has 39 heavy (non-hydrogen) atoms. The fourth-order valence-electron chi connectivity index (χ4n) is 5.83. The molecule has 0 fully saturated rings. The van der Waals surface area contributed by atoms with Gasteiger partial charge in [-0.3, -0.25) is 0 Å². The van der Waals surface area contributed by atoms with Crippen molar-refractivity contribution in [2.45, 2.75) is 36.8 Å². The molecule has 0 heterocycles. The van der Waals surface area contributed by atoms with Gasteiger partial charge >= 0.3 is 161 Å². The molecule has 190 valence electrons. The molecule has 1 unspecified atom stereocenters. The van der Waals surface area contributed by atoms with Crippen LogP contribution < -0.4 is 3.32 Å². The maximum absolute atomic E-state index is 2.47. The van der Waals surface area contributed by atoms with Crippen LogP contribution in [-0.4, -0.2) is 0 Å². The third-order valence-electron chi connectivity index (χ3n) is 7.93. The van der Waals surface area contributed by atoms with Crippen LogP contribution in [0.5, 0.6) is 0 Å². The third kappa shape index (κ3) is 5.85. The van der Waals surface area contributed by atoms with Crippen molar-refractivity contribution in [2.24, 2.45) is 0 Å². The van der Waals surface area contributed by atoms with Crippen LogP contribution in [0.15, 0.2) is 121 Å². The Morgan fingerprint density at radius 2 is 1.31 bits per heavy atom. The van der Waals surface area contributed by atoms with Crippen LogP contribution in [0.4, 0.5) is 0 Å². The molecule has 0 nitrogen and oxygen atoms in total. The molecule has 5 aromatic carbocycles. The fraction of sp³-hybridized carbons (Fsp3) is 0.158. The van der Waals surface area contributed by atoms with Crippen LogP contribution >= 0.6 is 0 Å². The number of hydrogen-bond donors (Lipinski definition) is 0. The van der Waals surface area contributed by atoms with Crippen molar-refractivity contribution in [1.29, 1.82) is 0 Å². The van der Waals surface area contributed by atoms with Gasteiger partial charge in [0.2, 0.25) is 0 Å². The Balaban J connectivity index is 0.000000168. The quantitative estimate of drug-likeness (QED) is 0.161. The molecule has 0 spiro atoms. The van der Waals surface area contributed by atoms with E-state index in [9.17, 15) is 0 Å². The van der Waals surface area contributed by atoms with E-state index in [1.54, 1.807) is 14.4 Å². The Labute approximate surface area is 244 Å². The van der Waals surface area contributed by atoms with Crippen molar-refractivity contribution < 1.29 is 22.9 Å². The Hall–Kier alpha value is -3.29. The summed E-state index contributed by atoms with van der Waals surface area (Å²) in [6.07, 6.45) is 8.20. The maximum atomic E-state index is 2.47. The minimum absolute atomic E-state index is 0.701. The first kappa shape index (κ1) is 26.0. The first-order chi connectivity index (χ1) is 19.2. The van der Waals surface area contributed by atoms with E-state index in [1.165, 1.54) is 44.5 Å². The van der Waals surface area contributed by atoms with E-state index >= 15 is 0 Å². The van der Waals surface area contributed by atoms with Crippen molar-refractivity contribution in [2.75, 3.05) is 0 Å². The van der Waals surface area contributed by atoms with Gasteiger partial charge in [0.15, 0.2) is 0 Å². The van der Waals surface area contributed by atoms with Crippen LogP contribution in [0, 0.1) is 13.8 Å². The van der Waals surface area contributed by atoms with E-state index < -0.39 is 22.9 Å². The maximum Gasteiger partial charge on any atom is -0.0238 e. The molecule has 5 aromatic rings. The molecule has 0 bridgehead atoms. The number of rotatable bonds is 5. The molecule has 0 aliphatic heterocycles. The molecule has 1 atom stereocenters. The van der Waals surface area contributed by atoms with Crippen molar-refractivity contribution in [3.05, 3.63) is 166 Å². The summed E-state index contributed by atoms with van der Waals surface area (Å²) < 4.78 is 2.45. The van der Waals surface area contributed by atoms with Crippen molar-refractivity contribution in [1.82, 2.24) is 0 Å². The van der Waals surface area contributed by atoms with E-state index in [0.29, 0.717) is 3.67 Å². The van der Waals surface area contributed by atoms with E-state index in [0.717, 1.165) is 19.3 Å². The molecule has 7 rings (SSSR count). The normalized spacial score (nSPS) is 14.2. The van der Waals surface area contributed by atoms with Gasteiger partial charge in [-0.05, 0) is 24.0 Å². The third-order valence-corrected chi connectivity index (χ3v) is 14.4. The number of fused-ring (bicyclic) bond motifs is 4. The zero-order valence-electron chi connectivity index (χ0n) is 22.8. The average Bonchev–Trinajstić information content (AvgIpc) is 3.56. The van der Waals surface area contributed by atoms with E-state index in [1.807, 2.05) is 0 Å². The van der Waals surface area contributed by atoms with Gasteiger partial charge in [0.1, 0.15) is 0 Å². The monoisotopic (exact) mass is 670 g/mol. The SMILES string of the molecule is Cc1ccc2c(c1)Cc1c-2ccc(C)[c]1[Hf][CH]1C=Cc2ccccc21.c1ccc(CCc2ccccc2)cc1. The number of hydrogen-bond acceptors (Lipinski definition) is 0. The average molecular weight is 669 g/mol. The summed E-state index contributed by atoms with van der Waals surface area (Å²) in [7, 11) is 0. The summed E-state index contributed by atoms with van der Waals surface area (Å²) in [5.41, 5.74) is 14.8. The topological polar surface area (TPSA) is 0 Å². The predicted octanol–water partition coefficient (Wildman–Crippen LogP) is 8.82. The molecule has 0 radical (unpaired) electrons. The standard InChI is InChI=1S/C15H13.C14H14.C9H7.Hf/c1-10-3-5-14-12(7-10)9-13-8-11(2)4-6-15(13)14;1-3-7-13(8-4-1)11-12-14-9-5-2-6-10-14;1-2-5-9-7-3-6-8(9)4-1;/h3-7H,9H2,1-2H3;1-10H,11-12H2;1-7H;. The van der Waals surface area contributed by atoms with Crippen molar-refractivity contribution in [3.63, 3.8) is 0 Å². The van der Waals surface area contributed by atoms with E-state index in [2.05, 4.69) is 141 Å². The first-order valence-corrected chi connectivity index (χ1v) is 17.9. The summed E-state index contributed by atoms with van der Waals surface area (Å²) in [4.78, 5) is 0. The van der Waals surface area contributed by atoms with Crippen LogP contribution in [0.2, 0.25) is 0 Å². The van der Waals surface area contributed by atoms with Crippen LogP contribution in [0.1, 0.15) is 48.2 Å². The number of benzene rings is 5. The van der Waals surface area contributed by atoms with E-state index in [-0.39, 0.29) is 0 Å². The molecular weight excluding hydrogens is 635 g/mol. The Bertz CT molecular complexity index is 1570. The zero-order chi connectivity index (χ0) is 26.6. The van der Waals surface area contributed by atoms with Crippen LogP contribution in [0.3, 0.4) is 0 Å².